The van der Waals surface area contributed by atoms with E-state index >= 15 is 0 Å². The zero-order valence-corrected chi connectivity index (χ0v) is 24.7. The molecular weight excluding hydrogens is 542 g/mol. The first-order valence-corrected chi connectivity index (χ1v) is 15.1. The Balaban J connectivity index is 0.935. The van der Waals surface area contributed by atoms with Crippen molar-refractivity contribution in [1.29, 1.82) is 0 Å². The number of benzene rings is 3. The van der Waals surface area contributed by atoms with Gasteiger partial charge >= 0.3 is 0 Å². The van der Waals surface area contributed by atoms with Crippen LogP contribution in [0, 0.1) is 0 Å². The number of nitrogens with one attached hydrogen (secondary N) is 2. The number of fused-ring (bicyclic) bond motifs is 1. The van der Waals surface area contributed by atoms with Crippen molar-refractivity contribution < 1.29 is 19.7 Å². The third kappa shape index (κ3) is 7.63. The number of ether oxygens (including phenoxy) is 1. The number of aromatic nitrogens is 1. The van der Waals surface area contributed by atoms with E-state index in [1.165, 1.54) is 17.7 Å². The maximum Gasteiger partial charge on any atom is 0.248 e. The molecule has 8 nitrogen and oxygen atoms in total. The Labute approximate surface area is 252 Å². The summed E-state index contributed by atoms with van der Waals surface area (Å²) in [6.45, 7) is 5.55. The van der Waals surface area contributed by atoms with E-state index in [9.17, 15) is 19.8 Å². The summed E-state index contributed by atoms with van der Waals surface area (Å²) in [5.41, 5.74) is 3.18. The molecule has 0 aliphatic carbocycles. The molecule has 3 aromatic carbocycles. The lowest BCUT2D eigenvalue weighted by atomic mass is 9.75. The highest BCUT2D eigenvalue weighted by atomic mass is 16.5. The van der Waals surface area contributed by atoms with Crippen LogP contribution in [0.4, 0.5) is 0 Å². The number of aliphatic hydroxyl groups excluding tert-OH is 1. The number of likely N-dealkylation sites (tertiary alicyclic amines) is 1. The van der Waals surface area contributed by atoms with Crippen molar-refractivity contribution in [2.45, 2.75) is 50.5 Å². The molecule has 0 radical (unpaired) electrons. The average molecular weight is 584 g/mol. The number of H-pyrrole nitrogens is 1. The Kier molecular flexibility index (Phi) is 9.79. The number of hydrogen-bond donors (Lipinski definition) is 4. The summed E-state index contributed by atoms with van der Waals surface area (Å²) in [6, 6.07) is 24.6. The number of carbonyl (C=O) groups is 1. The Bertz CT molecular complexity index is 1560. The van der Waals surface area contributed by atoms with Crippen LogP contribution in [0.3, 0.4) is 0 Å². The van der Waals surface area contributed by atoms with Gasteiger partial charge in [-0.25, -0.2) is 0 Å². The van der Waals surface area contributed by atoms with Gasteiger partial charge in [-0.3, -0.25) is 9.59 Å². The number of hydrogen-bond acceptors (Lipinski definition) is 6. The largest absolute Gasteiger partial charge is 0.506 e. The summed E-state index contributed by atoms with van der Waals surface area (Å²) < 4.78 is 5.90. The summed E-state index contributed by atoms with van der Waals surface area (Å²) in [7, 11) is 0. The highest BCUT2D eigenvalue weighted by molar-refractivity contribution is 5.87. The normalized spacial score (nSPS) is 14.8. The molecule has 1 unspecified atom stereocenters. The Morgan fingerprint density at radius 1 is 1.00 bits per heavy atom. The fraction of sp³-hybridized carbons (Fsp3) is 0.371. The van der Waals surface area contributed by atoms with Crippen LogP contribution >= 0.6 is 0 Å². The molecule has 0 spiro atoms. The number of aromatic amines is 1. The fourth-order valence-corrected chi connectivity index (χ4v) is 5.77. The van der Waals surface area contributed by atoms with Gasteiger partial charge in [-0.05, 0) is 73.2 Å². The molecular formula is C35H41N3O5. The molecule has 1 aromatic heterocycles. The molecule has 1 saturated heterocycles. The SMILES string of the molecule is CC1(c2ccccc2)CN(C(=O)CCc2ccc(OCCCCCNCC(O)c3ccc(O)c4[nH]c(=O)ccc34)cc2)C1. The predicted molar refractivity (Wildman–Crippen MR) is 169 cm³/mol. The Morgan fingerprint density at radius 2 is 1.77 bits per heavy atom. The number of nitrogens with zero attached hydrogens (tertiary/aromatic N) is 1. The van der Waals surface area contributed by atoms with Crippen molar-refractivity contribution in [3.8, 4) is 11.5 Å². The lowest BCUT2D eigenvalue weighted by molar-refractivity contribution is -0.138. The van der Waals surface area contributed by atoms with Gasteiger partial charge in [0, 0.05) is 42.9 Å². The summed E-state index contributed by atoms with van der Waals surface area (Å²) in [6.07, 6.45) is 3.35. The third-order valence-corrected chi connectivity index (χ3v) is 8.32. The van der Waals surface area contributed by atoms with Crippen LogP contribution in [0.15, 0.2) is 83.7 Å². The fourth-order valence-electron chi connectivity index (χ4n) is 5.77. The lowest BCUT2D eigenvalue weighted by Gasteiger charge is -2.48. The van der Waals surface area contributed by atoms with Crippen molar-refractivity contribution in [2.75, 3.05) is 32.8 Å². The number of unbranched alkanes of at least 4 members (excludes halogenated alkanes) is 2. The van der Waals surface area contributed by atoms with Crippen LogP contribution < -0.4 is 15.6 Å². The van der Waals surface area contributed by atoms with Crippen LogP contribution in [0.25, 0.3) is 10.9 Å². The van der Waals surface area contributed by atoms with Gasteiger partial charge in [0.1, 0.15) is 11.5 Å². The van der Waals surface area contributed by atoms with E-state index in [4.69, 9.17) is 4.74 Å². The van der Waals surface area contributed by atoms with Gasteiger partial charge in [0.15, 0.2) is 0 Å². The first-order valence-electron chi connectivity index (χ1n) is 15.1. The quantitative estimate of drug-likeness (QED) is 0.158. The van der Waals surface area contributed by atoms with E-state index in [0.29, 0.717) is 36.0 Å². The Hall–Kier alpha value is -4.14. The van der Waals surface area contributed by atoms with Gasteiger partial charge in [0.05, 0.1) is 18.2 Å². The molecule has 5 rings (SSSR count). The predicted octanol–water partition coefficient (Wildman–Crippen LogP) is 4.84. The molecule has 1 fully saturated rings. The summed E-state index contributed by atoms with van der Waals surface area (Å²) in [5, 5.41) is 24.6. The average Bonchev–Trinajstić information content (AvgIpc) is 3.01. The number of phenolic OH excluding ortho intramolecular Hbond substituents is 1. The summed E-state index contributed by atoms with van der Waals surface area (Å²) in [5.74, 6) is 1.03. The van der Waals surface area contributed by atoms with Gasteiger partial charge < -0.3 is 30.2 Å². The third-order valence-electron chi connectivity index (χ3n) is 8.32. The maximum absolute atomic E-state index is 12.7. The number of carbonyl (C=O) groups excluding carboxylic acids is 1. The second kappa shape index (κ2) is 13.9. The zero-order chi connectivity index (χ0) is 30.2. The van der Waals surface area contributed by atoms with Crippen LogP contribution in [0.5, 0.6) is 11.5 Å². The number of amides is 1. The van der Waals surface area contributed by atoms with Crippen molar-refractivity contribution in [2.24, 2.45) is 0 Å². The number of pyridine rings is 1. The molecule has 0 bridgehead atoms. The minimum Gasteiger partial charge on any atom is -0.506 e. The van der Waals surface area contributed by atoms with Gasteiger partial charge in [-0.1, -0.05) is 55.5 Å². The molecule has 8 heteroatoms. The smallest absolute Gasteiger partial charge is 0.248 e. The molecule has 43 heavy (non-hydrogen) atoms. The van der Waals surface area contributed by atoms with Crippen LogP contribution in [-0.4, -0.2) is 58.8 Å². The second-order valence-electron chi connectivity index (χ2n) is 11.7. The van der Waals surface area contributed by atoms with Crippen molar-refractivity contribution in [1.82, 2.24) is 15.2 Å². The van der Waals surface area contributed by atoms with Crippen molar-refractivity contribution >= 4 is 16.8 Å². The van der Waals surface area contributed by atoms with E-state index in [0.717, 1.165) is 56.6 Å². The number of phenols is 1. The molecule has 226 valence electrons. The van der Waals surface area contributed by atoms with Crippen LogP contribution in [-0.2, 0) is 16.6 Å². The highest BCUT2D eigenvalue weighted by Crippen LogP contribution is 2.34. The maximum atomic E-state index is 12.7. The van der Waals surface area contributed by atoms with Crippen LogP contribution in [0.1, 0.15) is 55.4 Å². The Morgan fingerprint density at radius 3 is 2.53 bits per heavy atom. The lowest BCUT2D eigenvalue weighted by Crippen LogP contribution is -2.59. The molecule has 0 saturated carbocycles. The van der Waals surface area contributed by atoms with Crippen LogP contribution in [0.2, 0.25) is 0 Å². The number of aliphatic hydroxyl groups is 1. The zero-order valence-electron chi connectivity index (χ0n) is 24.7. The molecule has 2 heterocycles. The number of rotatable bonds is 14. The van der Waals surface area contributed by atoms with E-state index in [1.807, 2.05) is 35.2 Å². The first-order chi connectivity index (χ1) is 20.8. The minimum atomic E-state index is -0.760. The monoisotopic (exact) mass is 583 g/mol. The summed E-state index contributed by atoms with van der Waals surface area (Å²) in [4.78, 5) is 28.9. The van der Waals surface area contributed by atoms with E-state index in [2.05, 4.69) is 41.5 Å². The van der Waals surface area contributed by atoms with Gasteiger partial charge in [0.2, 0.25) is 11.5 Å². The molecule has 1 amide bonds. The standard InChI is InChI=1S/C35H41N3O5/c1-35(26-8-4-2-5-9-26)23-38(24-35)33(42)19-12-25-10-13-27(14-11-25)43-21-7-3-6-20-36-22-31(40)28-15-17-30(39)34-29(28)16-18-32(41)37-34/h2,4-5,8-11,13-18,31,36,39-40H,3,6-7,12,19-24H2,1H3,(H,37,41). The second-order valence-corrected chi connectivity index (χ2v) is 11.7. The topological polar surface area (TPSA) is 115 Å². The molecule has 4 aromatic rings. The molecule has 4 N–H and O–H groups in total. The molecule has 1 atom stereocenters. The number of aryl methyl sites for hydroxylation is 1. The van der Waals surface area contributed by atoms with Crippen molar-refractivity contribution in [3.05, 3.63) is 106 Å². The summed E-state index contributed by atoms with van der Waals surface area (Å²) >= 11 is 0. The van der Waals surface area contributed by atoms with E-state index in [1.54, 1.807) is 12.1 Å². The first kappa shape index (κ1) is 30.3. The molecule has 1 aliphatic rings. The minimum absolute atomic E-state index is 0.0176. The van der Waals surface area contributed by atoms with Gasteiger partial charge in [-0.2, -0.15) is 0 Å². The van der Waals surface area contributed by atoms with E-state index in [-0.39, 0.29) is 22.6 Å². The van der Waals surface area contributed by atoms with Gasteiger partial charge in [0.25, 0.3) is 0 Å². The van der Waals surface area contributed by atoms with Crippen molar-refractivity contribution in [3.63, 3.8) is 0 Å². The van der Waals surface area contributed by atoms with E-state index < -0.39 is 6.10 Å². The van der Waals surface area contributed by atoms with Gasteiger partial charge in [-0.15, -0.1) is 0 Å². The molecule has 1 aliphatic heterocycles. The number of aromatic hydroxyl groups is 1. The highest BCUT2D eigenvalue weighted by Gasteiger charge is 2.42.